The summed E-state index contributed by atoms with van der Waals surface area (Å²) in [4.78, 5) is 10.7. The van der Waals surface area contributed by atoms with Crippen molar-refractivity contribution in [3.05, 3.63) is 23.3 Å². The number of fused-ring (bicyclic) bond motifs is 1. The van der Waals surface area contributed by atoms with Gasteiger partial charge in [-0.3, -0.25) is 4.79 Å². The molecule has 16 heavy (non-hydrogen) atoms. The summed E-state index contributed by atoms with van der Waals surface area (Å²) in [5.74, 6) is 0.608. The highest BCUT2D eigenvalue weighted by molar-refractivity contribution is 5.71. The van der Waals surface area contributed by atoms with Gasteiger partial charge in [0, 0.05) is 5.56 Å². The van der Waals surface area contributed by atoms with Crippen LogP contribution in [-0.4, -0.2) is 24.3 Å². The molecule has 0 radical (unpaired) electrons. The van der Waals surface area contributed by atoms with Crippen molar-refractivity contribution in [3.8, 4) is 11.5 Å². The van der Waals surface area contributed by atoms with Crippen LogP contribution in [0.2, 0.25) is 0 Å². The van der Waals surface area contributed by atoms with E-state index in [9.17, 15) is 4.79 Å². The quantitative estimate of drug-likeness (QED) is 0.844. The predicted octanol–water partition coefficient (Wildman–Crippen LogP) is 1.65. The molecular formula is C12H14O4. The third-order valence-electron chi connectivity index (χ3n) is 2.60. The van der Waals surface area contributed by atoms with Gasteiger partial charge in [0.15, 0.2) is 11.5 Å². The van der Waals surface area contributed by atoms with Gasteiger partial charge in [-0.1, -0.05) is 13.0 Å². The van der Waals surface area contributed by atoms with Crippen LogP contribution in [0.25, 0.3) is 0 Å². The molecule has 2 rings (SSSR count). The molecule has 4 heteroatoms. The zero-order chi connectivity index (χ0) is 11.5. The molecule has 4 nitrogen and oxygen atoms in total. The van der Waals surface area contributed by atoms with E-state index in [-0.39, 0.29) is 6.42 Å². The molecule has 1 aliphatic heterocycles. The van der Waals surface area contributed by atoms with Crippen molar-refractivity contribution in [2.24, 2.45) is 0 Å². The van der Waals surface area contributed by atoms with Crippen molar-refractivity contribution in [2.75, 3.05) is 13.2 Å². The lowest BCUT2D eigenvalue weighted by atomic mass is 10.0. The molecule has 1 heterocycles. The van der Waals surface area contributed by atoms with Gasteiger partial charge in [0.1, 0.15) is 13.2 Å². The predicted molar refractivity (Wildman–Crippen MR) is 58.1 cm³/mol. The Bertz CT molecular complexity index is 412. The fraction of sp³-hybridized carbons (Fsp3) is 0.417. The Morgan fingerprint density at radius 1 is 1.38 bits per heavy atom. The molecule has 0 aromatic heterocycles. The molecule has 1 aliphatic rings. The van der Waals surface area contributed by atoms with Crippen molar-refractivity contribution >= 4 is 5.97 Å². The number of ether oxygens (including phenoxy) is 2. The van der Waals surface area contributed by atoms with Gasteiger partial charge in [-0.25, -0.2) is 0 Å². The summed E-state index contributed by atoms with van der Waals surface area (Å²) < 4.78 is 11.0. The molecule has 0 saturated carbocycles. The molecule has 0 saturated heterocycles. The average molecular weight is 222 g/mol. The molecule has 0 unspecified atom stereocenters. The summed E-state index contributed by atoms with van der Waals surface area (Å²) in [6.45, 7) is 3.06. The summed E-state index contributed by atoms with van der Waals surface area (Å²) in [6.07, 6.45) is 0.773. The minimum absolute atomic E-state index is 0.0276. The fourth-order valence-corrected chi connectivity index (χ4v) is 1.93. The van der Waals surface area contributed by atoms with Crippen LogP contribution in [-0.2, 0) is 17.6 Å². The topological polar surface area (TPSA) is 55.8 Å². The van der Waals surface area contributed by atoms with E-state index >= 15 is 0 Å². The number of hydrogen-bond acceptors (Lipinski definition) is 3. The summed E-state index contributed by atoms with van der Waals surface area (Å²) >= 11 is 0. The van der Waals surface area contributed by atoms with E-state index in [4.69, 9.17) is 14.6 Å². The Balaban J connectivity index is 2.43. The van der Waals surface area contributed by atoms with E-state index in [0.29, 0.717) is 19.0 Å². The van der Waals surface area contributed by atoms with Gasteiger partial charge < -0.3 is 14.6 Å². The van der Waals surface area contributed by atoms with E-state index in [1.807, 2.05) is 6.92 Å². The number of carbonyl (C=O) groups is 1. The van der Waals surface area contributed by atoms with Crippen LogP contribution >= 0.6 is 0 Å². The average Bonchev–Trinajstić information content (AvgIpc) is 2.28. The summed E-state index contributed by atoms with van der Waals surface area (Å²) in [6, 6.07) is 3.59. The largest absolute Gasteiger partial charge is 0.486 e. The number of carboxylic acid groups (broad SMARTS) is 1. The molecular weight excluding hydrogens is 208 g/mol. The van der Waals surface area contributed by atoms with Gasteiger partial charge in [0.25, 0.3) is 0 Å². The highest BCUT2D eigenvalue weighted by Crippen LogP contribution is 2.36. The molecule has 0 fully saturated rings. The van der Waals surface area contributed by atoms with Gasteiger partial charge in [-0.15, -0.1) is 0 Å². The van der Waals surface area contributed by atoms with Crippen molar-refractivity contribution in [1.82, 2.24) is 0 Å². The Kier molecular flexibility index (Phi) is 2.99. The zero-order valence-corrected chi connectivity index (χ0v) is 9.16. The normalized spacial score (nSPS) is 13.6. The monoisotopic (exact) mass is 222 g/mol. The van der Waals surface area contributed by atoms with Crippen LogP contribution in [0.1, 0.15) is 18.1 Å². The van der Waals surface area contributed by atoms with Gasteiger partial charge in [0.05, 0.1) is 6.42 Å². The summed E-state index contributed by atoms with van der Waals surface area (Å²) in [7, 11) is 0. The minimum Gasteiger partial charge on any atom is -0.486 e. The second-order valence-electron chi connectivity index (χ2n) is 3.65. The maximum absolute atomic E-state index is 10.7. The van der Waals surface area contributed by atoms with Crippen LogP contribution in [0.15, 0.2) is 12.1 Å². The lowest BCUT2D eigenvalue weighted by Gasteiger charge is -2.22. The molecule has 1 N–H and O–H groups in total. The second kappa shape index (κ2) is 4.43. The van der Waals surface area contributed by atoms with Gasteiger partial charge in [-0.05, 0) is 18.1 Å². The SMILES string of the molecule is CCc1c(CC(=O)O)ccc2c1OCCO2. The summed E-state index contributed by atoms with van der Waals surface area (Å²) in [5.41, 5.74) is 1.75. The molecule has 86 valence electrons. The van der Waals surface area contributed by atoms with Crippen LogP contribution in [0.4, 0.5) is 0 Å². The fourth-order valence-electron chi connectivity index (χ4n) is 1.93. The standard InChI is InChI=1S/C12H14O4/c1-2-9-8(7-11(13)14)3-4-10-12(9)16-6-5-15-10/h3-4H,2,5-7H2,1H3,(H,13,14). The lowest BCUT2D eigenvalue weighted by Crippen LogP contribution is -2.17. The Hall–Kier alpha value is -1.71. The van der Waals surface area contributed by atoms with E-state index < -0.39 is 5.97 Å². The van der Waals surface area contributed by atoms with Crippen molar-refractivity contribution in [1.29, 1.82) is 0 Å². The number of rotatable bonds is 3. The zero-order valence-electron chi connectivity index (χ0n) is 9.16. The number of hydrogen-bond donors (Lipinski definition) is 1. The van der Waals surface area contributed by atoms with Gasteiger partial charge in [0.2, 0.25) is 0 Å². The Morgan fingerprint density at radius 3 is 2.81 bits per heavy atom. The number of benzene rings is 1. The maximum atomic E-state index is 10.7. The van der Waals surface area contributed by atoms with E-state index in [1.54, 1.807) is 12.1 Å². The third kappa shape index (κ3) is 1.96. The molecule has 0 amide bonds. The van der Waals surface area contributed by atoms with Gasteiger partial charge >= 0.3 is 5.97 Å². The molecule has 1 aromatic rings. The van der Waals surface area contributed by atoms with Crippen LogP contribution in [0.3, 0.4) is 0 Å². The smallest absolute Gasteiger partial charge is 0.307 e. The maximum Gasteiger partial charge on any atom is 0.307 e. The lowest BCUT2D eigenvalue weighted by molar-refractivity contribution is -0.136. The molecule has 0 aliphatic carbocycles. The van der Waals surface area contributed by atoms with E-state index in [2.05, 4.69) is 0 Å². The van der Waals surface area contributed by atoms with Crippen LogP contribution in [0, 0.1) is 0 Å². The molecule has 1 aromatic carbocycles. The highest BCUT2D eigenvalue weighted by Gasteiger charge is 2.18. The number of carboxylic acids is 1. The highest BCUT2D eigenvalue weighted by atomic mass is 16.6. The van der Waals surface area contributed by atoms with Crippen LogP contribution in [0.5, 0.6) is 11.5 Å². The molecule has 0 atom stereocenters. The number of aliphatic carboxylic acids is 1. The Labute approximate surface area is 93.8 Å². The van der Waals surface area contributed by atoms with Gasteiger partial charge in [-0.2, -0.15) is 0 Å². The van der Waals surface area contributed by atoms with Crippen molar-refractivity contribution in [2.45, 2.75) is 19.8 Å². The summed E-state index contributed by atoms with van der Waals surface area (Å²) in [5, 5.41) is 8.82. The van der Waals surface area contributed by atoms with Crippen LogP contribution < -0.4 is 9.47 Å². The third-order valence-corrected chi connectivity index (χ3v) is 2.60. The minimum atomic E-state index is -0.827. The second-order valence-corrected chi connectivity index (χ2v) is 3.65. The molecule has 0 spiro atoms. The van der Waals surface area contributed by atoms with E-state index in [1.165, 1.54) is 0 Å². The first kappa shape index (κ1) is 10.8. The van der Waals surface area contributed by atoms with Crippen molar-refractivity contribution in [3.63, 3.8) is 0 Å². The first-order valence-electron chi connectivity index (χ1n) is 5.34. The first-order valence-corrected chi connectivity index (χ1v) is 5.34. The van der Waals surface area contributed by atoms with Crippen molar-refractivity contribution < 1.29 is 19.4 Å². The molecule has 0 bridgehead atoms. The first-order chi connectivity index (χ1) is 7.72. The van der Waals surface area contributed by atoms with E-state index in [0.717, 1.165) is 23.3 Å². The Morgan fingerprint density at radius 2 is 2.12 bits per heavy atom.